The lowest BCUT2D eigenvalue weighted by molar-refractivity contribution is 0.624. The number of hydrogen-bond acceptors (Lipinski definition) is 5. The molecule has 0 spiro atoms. The van der Waals surface area contributed by atoms with E-state index in [-0.39, 0.29) is 5.82 Å². The number of allylic oxidation sites excluding steroid dienone is 4. The summed E-state index contributed by atoms with van der Waals surface area (Å²) in [7, 11) is 5.55. The largest absolute Gasteiger partial charge is 0.388 e. The number of likely N-dealkylation sites (N-methyl/N-ethyl adjacent to an activating group) is 1. The molecule has 0 bridgehead atoms. The number of aryl methyl sites for hydroxylation is 1. The second-order valence-corrected chi connectivity index (χ2v) is 8.56. The van der Waals surface area contributed by atoms with E-state index in [0.29, 0.717) is 40.3 Å². The molecule has 8 heteroatoms. The summed E-state index contributed by atoms with van der Waals surface area (Å²) in [5.41, 5.74) is 7.79. The normalized spacial score (nSPS) is 12.2. The second-order valence-electron chi connectivity index (χ2n) is 8.56. The van der Waals surface area contributed by atoms with Gasteiger partial charge in [-0.25, -0.2) is 9.37 Å². The highest BCUT2D eigenvalue weighted by Gasteiger charge is 2.16. The van der Waals surface area contributed by atoms with E-state index in [0.717, 1.165) is 27.9 Å². The highest BCUT2D eigenvalue weighted by Crippen LogP contribution is 2.30. The van der Waals surface area contributed by atoms with Crippen molar-refractivity contribution in [2.24, 2.45) is 7.05 Å². The van der Waals surface area contributed by atoms with E-state index in [9.17, 15) is 4.39 Å². The Labute approximate surface area is 210 Å². The van der Waals surface area contributed by atoms with Gasteiger partial charge in [0.25, 0.3) is 0 Å². The minimum Gasteiger partial charge on any atom is -0.388 e. The summed E-state index contributed by atoms with van der Waals surface area (Å²) in [4.78, 5) is 12.6. The average molecular weight is 484 g/mol. The van der Waals surface area contributed by atoms with Gasteiger partial charge < -0.3 is 15.6 Å². The number of imidazole rings is 1. The summed E-state index contributed by atoms with van der Waals surface area (Å²) in [5, 5.41) is 10.5. The Morgan fingerprint density at radius 1 is 1.19 bits per heavy atom. The Balaban J connectivity index is 1.66. The van der Waals surface area contributed by atoms with Gasteiger partial charge in [-0.1, -0.05) is 19.2 Å². The summed E-state index contributed by atoms with van der Waals surface area (Å²) in [6, 6.07) is 6.75. The summed E-state index contributed by atoms with van der Waals surface area (Å²) < 4.78 is 16.1. The Hall–Kier alpha value is -4.30. The van der Waals surface area contributed by atoms with Crippen molar-refractivity contribution in [2.75, 3.05) is 14.1 Å². The number of H-pyrrole nitrogens is 1. The molecule has 3 heterocycles. The molecule has 0 aliphatic rings. The Kier molecular flexibility index (Phi) is 7.26. The third-order valence-electron chi connectivity index (χ3n) is 5.92. The smallest absolute Gasteiger partial charge is 0.138 e. The van der Waals surface area contributed by atoms with E-state index in [1.54, 1.807) is 10.9 Å². The molecule has 1 aromatic carbocycles. The van der Waals surface area contributed by atoms with E-state index in [1.165, 1.54) is 12.1 Å². The van der Waals surface area contributed by atoms with Crippen LogP contribution in [0.25, 0.3) is 33.4 Å². The zero-order valence-corrected chi connectivity index (χ0v) is 21.0. The van der Waals surface area contributed by atoms with Crippen LogP contribution in [0.1, 0.15) is 23.9 Å². The van der Waals surface area contributed by atoms with Crippen LogP contribution in [-0.4, -0.2) is 38.8 Å². The van der Waals surface area contributed by atoms with Gasteiger partial charge in [-0.3, -0.25) is 9.67 Å². The van der Waals surface area contributed by atoms with Crippen molar-refractivity contribution in [3.8, 4) is 11.3 Å². The van der Waals surface area contributed by atoms with Crippen molar-refractivity contribution >= 4 is 22.2 Å². The fourth-order valence-corrected chi connectivity index (χ4v) is 3.95. The molecule has 36 heavy (non-hydrogen) atoms. The van der Waals surface area contributed by atoms with Crippen LogP contribution in [0.5, 0.6) is 0 Å². The Morgan fingerprint density at radius 2 is 2.00 bits per heavy atom. The van der Waals surface area contributed by atoms with Crippen molar-refractivity contribution in [3.63, 3.8) is 0 Å². The Bertz CT molecular complexity index is 1500. The predicted molar refractivity (Wildman–Crippen MR) is 144 cm³/mol. The zero-order valence-electron chi connectivity index (χ0n) is 21.0. The van der Waals surface area contributed by atoms with Gasteiger partial charge in [0.2, 0.25) is 0 Å². The molecule has 0 fully saturated rings. The number of fused-ring (bicyclic) bond motifs is 1. The van der Waals surface area contributed by atoms with Crippen molar-refractivity contribution in [1.29, 1.82) is 0 Å². The number of hydrogen-bond donors (Lipinski definition) is 3. The van der Waals surface area contributed by atoms with Gasteiger partial charge in [0, 0.05) is 61.0 Å². The summed E-state index contributed by atoms with van der Waals surface area (Å²) in [5.74, 6) is 0.258. The maximum atomic E-state index is 14.3. The summed E-state index contributed by atoms with van der Waals surface area (Å²) in [6.07, 6.45) is 9.45. The maximum Gasteiger partial charge on any atom is 0.138 e. The third-order valence-corrected chi connectivity index (χ3v) is 5.92. The van der Waals surface area contributed by atoms with Crippen LogP contribution in [0.4, 0.5) is 4.39 Å². The van der Waals surface area contributed by atoms with E-state index in [2.05, 4.69) is 38.9 Å². The van der Waals surface area contributed by atoms with E-state index in [1.807, 2.05) is 64.7 Å². The lowest BCUT2D eigenvalue weighted by Crippen LogP contribution is -2.09. The molecule has 4 rings (SSSR count). The van der Waals surface area contributed by atoms with Crippen molar-refractivity contribution < 1.29 is 4.39 Å². The molecule has 0 saturated carbocycles. The molecule has 4 aromatic rings. The van der Waals surface area contributed by atoms with Crippen LogP contribution < -0.4 is 10.6 Å². The molecule has 7 nitrogen and oxygen atoms in total. The van der Waals surface area contributed by atoms with E-state index < -0.39 is 0 Å². The molecule has 0 aliphatic carbocycles. The highest BCUT2D eigenvalue weighted by atomic mass is 19.1. The number of aromatic amines is 1. The molecule has 0 radical (unpaired) electrons. The molecular formula is C28H30FN7. The number of nitrogens with one attached hydrogen (secondary N) is 3. The zero-order chi connectivity index (χ0) is 25.8. The molecule has 184 valence electrons. The fraction of sp³-hybridized carbons (Fsp3) is 0.179. The van der Waals surface area contributed by atoms with Crippen LogP contribution in [0.2, 0.25) is 0 Å². The number of nitrogens with zero attached hydrogens (tertiary/aromatic N) is 4. The van der Waals surface area contributed by atoms with Crippen LogP contribution in [0.3, 0.4) is 0 Å². The topological polar surface area (TPSA) is 83.5 Å². The molecule has 0 unspecified atom stereocenters. The molecule has 3 aromatic heterocycles. The van der Waals surface area contributed by atoms with Crippen LogP contribution in [-0.2, 0) is 13.6 Å². The monoisotopic (exact) mass is 483 g/mol. The van der Waals surface area contributed by atoms with E-state index in [4.69, 9.17) is 4.98 Å². The van der Waals surface area contributed by atoms with Gasteiger partial charge in [0.15, 0.2) is 0 Å². The Morgan fingerprint density at radius 3 is 2.69 bits per heavy atom. The van der Waals surface area contributed by atoms with Crippen LogP contribution in [0.15, 0.2) is 79.4 Å². The second kappa shape index (κ2) is 10.5. The standard InChI is InChI=1S/C28H30FN7/c1-17(22-15-33-36(6)16-22)7-8-24(31-5)18(2)19(3)28-34-25-9-10-32-26(27(25)35-28)21-11-20(14-30-4)12-23(29)13-21/h7-13,15-16,30-31H,2-3,14H2,1,4-6H3,(H,34,35)/b17-7+,24-8+. The first-order chi connectivity index (χ1) is 17.3. The summed E-state index contributed by atoms with van der Waals surface area (Å²) in [6.45, 7) is 11.1. The van der Waals surface area contributed by atoms with Crippen LogP contribution >= 0.6 is 0 Å². The quantitative estimate of drug-likeness (QED) is 0.292. The minimum atomic E-state index is -0.316. The minimum absolute atomic E-state index is 0.316. The van der Waals surface area contributed by atoms with Crippen LogP contribution in [0, 0.1) is 5.82 Å². The number of halogens is 1. The number of rotatable bonds is 9. The van der Waals surface area contributed by atoms with Gasteiger partial charge in [-0.05, 0) is 55.4 Å². The fourth-order valence-electron chi connectivity index (χ4n) is 3.95. The van der Waals surface area contributed by atoms with Gasteiger partial charge in [-0.2, -0.15) is 5.10 Å². The highest BCUT2D eigenvalue weighted by molar-refractivity contribution is 5.92. The van der Waals surface area contributed by atoms with Gasteiger partial charge >= 0.3 is 0 Å². The number of benzene rings is 1. The van der Waals surface area contributed by atoms with Crippen molar-refractivity contribution in [2.45, 2.75) is 13.5 Å². The molecule has 3 N–H and O–H groups in total. The molecule has 0 amide bonds. The summed E-state index contributed by atoms with van der Waals surface area (Å²) >= 11 is 0. The first kappa shape index (κ1) is 24.8. The van der Waals surface area contributed by atoms with Crippen molar-refractivity contribution in [3.05, 3.63) is 102 Å². The molecule has 0 atom stereocenters. The molecule has 0 aliphatic heterocycles. The number of pyridine rings is 1. The maximum absolute atomic E-state index is 14.3. The molecular weight excluding hydrogens is 453 g/mol. The lowest BCUT2D eigenvalue weighted by Gasteiger charge is -2.11. The van der Waals surface area contributed by atoms with Gasteiger partial charge in [-0.15, -0.1) is 0 Å². The van der Waals surface area contributed by atoms with Crippen molar-refractivity contribution in [1.82, 2.24) is 35.4 Å². The average Bonchev–Trinajstić information content (AvgIpc) is 3.49. The SMILES string of the molecule is C=C(C(=C)c1nc2c(-c3cc(F)cc(CNC)c3)nccc2[nH]1)/C(=C\C=C(/C)c1cnn(C)c1)NC. The molecule has 0 saturated heterocycles. The third kappa shape index (κ3) is 5.18. The van der Waals surface area contributed by atoms with Gasteiger partial charge in [0.1, 0.15) is 17.2 Å². The van der Waals surface area contributed by atoms with Gasteiger partial charge in [0.05, 0.1) is 17.4 Å². The predicted octanol–water partition coefficient (Wildman–Crippen LogP) is 4.99. The lowest BCUT2D eigenvalue weighted by atomic mass is 10.0. The number of aromatic nitrogens is 5. The first-order valence-corrected chi connectivity index (χ1v) is 11.5. The van der Waals surface area contributed by atoms with E-state index >= 15 is 0 Å². The first-order valence-electron chi connectivity index (χ1n) is 11.5.